The Morgan fingerprint density at radius 3 is 2.35 bits per heavy atom. The zero-order valence-electron chi connectivity index (χ0n) is 17.4. The van der Waals surface area contributed by atoms with Gasteiger partial charge in [-0.1, -0.05) is 54.6 Å². The smallest absolute Gasteiger partial charge is 0.324 e. The van der Waals surface area contributed by atoms with Crippen LogP contribution in [0.25, 0.3) is 22.3 Å². The molecule has 1 aliphatic heterocycles. The molecule has 7 nitrogen and oxygen atoms in total. The summed E-state index contributed by atoms with van der Waals surface area (Å²) in [5.74, 6) is 0.612. The summed E-state index contributed by atoms with van der Waals surface area (Å²) in [5.41, 5.74) is 3.95. The Morgan fingerprint density at radius 2 is 1.65 bits per heavy atom. The largest absolute Gasteiger partial charge is 0.338 e. The molecule has 0 unspecified atom stereocenters. The highest BCUT2D eigenvalue weighted by Gasteiger charge is 2.25. The van der Waals surface area contributed by atoms with Crippen molar-refractivity contribution in [3.05, 3.63) is 82.7 Å². The first-order chi connectivity index (χ1) is 15.1. The van der Waals surface area contributed by atoms with E-state index >= 15 is 0 Å². The van der Waals surface area contributed by atoms with Gasteiger partial charge in [-0.05, 0) is 29.5 Å². The van der Waals surface area contributed by atoms with E-state index in [2.05, 4.69) is 46.4 Å². The third kappa shape index (κ3) is 3.52. The molecular formula is C24H23N5O2. The molecule has 1 saturated heterocycles. The molecule has 0 bridgehead atoms. The summed E-state index contributed by atoms with van der Waals surface area (Å²) in [4.78, 5) is 36.3. The van der Waals surface area contributed by atoms with E-state index in [0.29, 0.717) is 36.5 Å². The molecule has 1 amide bonds. The van der Waals surface area contributed by atoms with Crippen LogP contribution in [0.5, 0.6) is 0 Å². The summed E-state index contributed by atoms with van der Waals surface area (Å²) in [6.07, 6.45) is 4.07. The maximum absolute atomic E-state index is 12.8. The summed E-state index contributed by atoms with van der Waals surface area (Å²) >= 11 is 0. The zero-order valence-corrected chi connectivity index (χ0v) is 17.4. The molecule has 0 saturated carbocycles. The van der Waals surface area contributed by atoms with Crippen LogP contribution in [-0.2, 0) is 13.5 Å². The lowest BCUT2D eigenvalue weighted by molar-refractivity contribution is 0.210. The molecule has 0 spiro atoms. The maximum Gasteiger partial charge on any atom is 0.338 e. The van der Waals surface area contributed by atoms with Gasteiger partial charge in [-0.25, -0.2) is 24.1 Å². The van der Waals surface area contributed by atoms with Gasteiger partial charge in [0.25, 0.3) is 0 Å². The summed E-state index contributed by atoms with van der Waals surface area (Å²) in [5, 5.41) is 0. The number of imidazole rings is 1. The van der Waals surface area contributed by atoms with Crippen molar-refractivity contribution >= 4 is 17.2 Å². The number of aryl methyl sites for hydroxylation is 1. The fourth-order valence-electron chi connectivity index (χ4n) is 4.10. The van der Waals surface area contributed by atoms with Gasteiger partial charge < -0.3 is 4.90 Å². The Kier molecular flexibility index (Phi) is 4.86. The first kappa shape index (κ1) is 19.2. The van der Waals surface area contributed by atoms with Gasteiger partial charge in [0.2, 0.25) is 0 Å². The maximum atomic E-state index is 12.8. The minimum atomic E-state index is -0.384. The van der Waals surface area contributed by atoms with E-state index in [9.17, 15) is 9.59 Å². The van der Waals surface area contributed by atoms with Gasteiger partial charge in [-0.2, -0.15) is 0 Å². The molecule has 1 aliphatic rings. The lowest BCUT2D eigenvalue weighted by Crippen LogP contribution is -2.38. The highest BCUT2D eigenvalue weighted by molar-refractivity contribution is 5.87. The predicted molar refractivity (Wildman–Crippen MR) is 119 cm³/mol. The summed E-state index contributed by atoms with van der Waals surface area (Å²) in [6.45, 7) is 1.36. The van der Waals surface area contributed by atoms with E-state index in [1.165, 1.54) is 14.7 Å². The van der Waals surface area contributed by atoms with Crippen molar-refractivity contribution in [2.75, 3.05) is 13.1 Å². The molecule has 0 atom stereocenters. The third-order valence-electron chi connectivity index (χ3n) is 5.83. The topological polar surface area (TPSA) is 73.0 Å². The van der Waals surface area contributed by atoms with Crippen molar-refractivity contribution in [3.63, 3.8) is 0 Å². The average molecular weight is 413 g/mol. The Morgan fingerprint density at radius 1 is 0.968 bits per heavy atom. The van der Waals surface area contributed by atoms with Crippen molar-refractivity contribution in [1.82, 2.24) is 24.0 Å². The van der Waals surface area contributed by atoms with Crippen LogP contribution in [-0.4, -0.2) is 43.1 Å². The number of amides is 1. The van der Waals surface area contributed by atoms with E-state index in [1.54, 1.807) is 18.1 Å². The van der Waals surface area contributed by atoms with Crippen LogP contribution in [0.3, 0.4) is 0 Å². The Labute approximate surface area is 179 Å². The minimum Gasteiger partial charge on any atom is -0.324 e. The number of hydrogen-bond acceptors (Lipinski definition) is 4. The molecule has 0 N–H and O–H groups in total. The Hall–Kier alpha value is -3.74. The minimum absolute atomic E-state index is 0.291. The predicted octanol–water partition coefficient (Wildman–Crippen LogP) is 3.45. The van der Waals surface area contributed by atoms with Gasteiger partial charge >= 0.3 is 11.7 Å². The van der Waals surface area contributed by atoms with E-state index in [1.807, 2.05) is 18.2 Å². The molecule has 7 heteroatoms. The molecule has 5 rings (SSSR count). The lowest BCUT2D eigenvalue weighted by Gasteiger charge is -2.14. The van der Waals surface area contributed by atoms with Crippen molar-refractivity contribution in [1.29, 1.82) is 0 Å². The summed E-state index contributed by atoms with van der Waals surface area (Å²) < 4.78 is 2.62. The molecule has 3 heterocycles. The zero-order chi connectivity index (χ0) is 21.4. The number of carbonyl (C=O) groups excluding carboxylic acids is 1. The number of rotatable bonds is 3. The van der Waals surface area contributed by atoms with Crippen LogP contribution >= 0.6 is 0 Å². The van der Waals surface area contributed by atoms with E-state index < -0.39 is 0 Å². The number of nitrogens with zero attached hydrogens (tertiary/aromatic N) is 5. The van der Waals surface area contributed by atoms with E-state index in [4.69, 9.17) is 0 Å². The Bertz CT molecular complexity index is 1300. The van der Waals surface area contributed by atoms with Crippen LogP contribution in [0.4, 0.5) is 4.79 Å². The van der Waals surface area contributed by atoms with Crippen LogP contribution in [0, 0.1) is 0 Å². The van der Waals surface area contributed by atoms with Crippen LogP contribution < -0.4 is 5.69 Å². The number of benzene rings is 2. The lowest BCUT2D eigenvalue weighted by atomic mass is 10.0. The standard InChI is InChI=1S/C24H23N5O2/c1-27-22-20(29(23(27)30)24(31)28-13-5-6-14-28)16-25-21(26-22)15-17-9-11-19(12-10-17)18-7-3-2-4-8-18/h2-4,7-12,16H,5-6,13-15H2,1H3. The van der Waals surface area contributed by atoms with Crippen molar-refractivity contribution in [2.45, 2.75) is 19.3 Å². The second-order valence-electron chi connectivity index (χ2n) is 7.89. The van der Waals surface area contributed by atoms with Crippen molar-refractivity contribution in [2.24, 2.45) is 7.05 Å². The van der Waals surface area contributed by atoms with Gasteiger partial charge in [-0.15, -0.1) is 0 Å². The first-order valence-corrected chi connectivity index (χ1v) is 10.5. The fourth-order valence-corrected chi connectivity index (χ4v) is 4.10. The molecule has 0 radical (unpaired) electrons. The van der Waals surface area contributed by atoms with Crippen molar-refractivity contribution < 1.29 is 4.79 Å². The quantitative estimate of drug-likeness (QED) is 0.516. The Balaban J connectivity index is 1.43. The highest BCUT2D eigenvalue weighted by atomic mass is 16.2. The number of hydrogen-bond donors (Lipinski definition) is 0. The number of fused-ring (bicyclic) bond motifs is 1. The fraction of sp³-hybridized carbons (Fsp3) is 0.250. The van der Waals surface area contributed by atoms with Crippen molar-refractivity contribution in [3.8, 4) is 11.1 Å². The van der Waals surface area contributed by atoms with Crippen LogP contribution in [0.2, 0.25) is 0 Å². The number of aromatic nitrogens is 4. The molecular weight excluding hydrogens is 390 g/mol. The molecule has 2 aromatic heterocycles. The number of carbonyl (C=O) groups is 1. The molecule has 1 fully saturated rings. The normalized spacial score (nSPS) is 13.8. The van der Waals surface area contributed by atoms with Gasteiger partial charge in [0.05, 0.1) is 6.20 Å². The third-order valence-corrected chi connectivity index (χ3v) is 5.83. The second-order valence-corrected chi connectivity index (χ2v) is 7.89. The van der Waals surface area contributed by atoms with Crippen LogP contribution in [0.15, 0.2) is 65.6 Å². The number of likely N-dealkylation sites (tertiary alicyclic amines) is 1. The van der Waals surface area contributed by atoms with Gasteiger partial charge in [0.15, 0.2) is 5.65 Å². The average Bonchev–Trinajstić information content (AvgIpc) is 3.43. The summed E-state index contributed by atoms with van der Waals surface area (Å²) in [7, 11) is 1.64. The molecule has 2 aromatic carbocycles. The first-order valence-electron chi connectivity index (χ1n) is 10.5. The van der Waals surface area contributed by atoms with Gasteiger partial charge in [-0.3, -0.25) is 4.57 Å². The van der Waals surface area contributed by atoms with E-state index in [-0.39, 0.29) is 11.7 Å². The van der Waals surface area contributed by atoms with Gasteiger partial charge in [0, 0.05) is 26.6 Å². The highest BCUT2D eigenvalue weighted by Crippen LogP contribution is 2.20. The SMILES string of the molecule is Cn1c(=O)n(C(=O)N2CCCC2)c2cnc(Cc3ccc(-c4ccccc4)cc3)nc21. The molecule has 4 aromatic rings. The molecule has 31 heavy (non-hydrogen) atoms. The molecule has 0 aliphatic carbocycles. The van der Waals surface area contributed by atoms with Gasteiger partial charge in [0.1, 0.15) is 11.3 Å². The summed E-state index contributed by atoms with van der Waals surface area (Å²) in [6, 6.07) is 18.2. The monoisotopic (exact) mass is 413 g/mol. The molecule has 156 valence electrons. The second kappa shape index (κ2) is 7.83. The van der Waals surface area contributed by atoms with Crippen LogP contribution in [0.1, 0.15) is 24.2 Å². The van der Waals surface area contributed by atoms with E-state index in [0.717, 1.165) is 24.0 Å².